The number of ether oxygens (including phenoxy) is 1. The number of thiazole rings is 1. The number of carbonyl (C=O) groups excluding carboxylic acids is 2. The minimum absolute atomic E-state index is 0.0675. The van der Waals surface area contributed by atoms with E-state index in [1.807, 2.05) is 32.2 Å². The summed E-state index contributed by atoms with van der Waals surface area (Å²) in [5.74, 6) is -1.59. The summed E-state index contributed by atoms with van der Waals surface area (Å²) in [6.45, 7) is 11.3. The third-order valence-corrected chi connectivity index (χ3v) is 8.35. The number of carbonyl (C=O) groups is 2. The topological polar surface area (TPSA) is 126 Å². The van der Waals surface area contributed by atoms with E-state index in [-0.39, 0.29) is 24.6 Å². The zero-order valence-corrected chi connectivity index (χ0v) is 24.3. The number of rotatable bonds is 6. The van der Waals surface area contributed by atoms with E-state index in [1.54, 1.807) is 20.8 Å². The van der Waals surface area contributed by atoms with Gasteiger partial charge in [-0.25, -0.2) is 0 Å². The second-order valence-corrected chi connectivity index (χ2v) is 12.0. The average molecular weight is 547 g/mol. The van der Waals surface area contributed by atoms with Crippen LogP contribution in [0.15, 0.2) is 22.6 Å². The Labute approximate surface area is 231 Å². The van der Waals surface area contributed by atoms with Gasteiger partial charge in [-0.05, 0) is 32.1 Å². The minimum atomic E-state index is -1.25. The van der Waals surface area contributed by atoms with Gasteiger partial charge in [-0.15, -0.1) is 0 Å². The summed E-state index contributed by atoms with van der Waals surface area (Å²) in [6, 6.07) is 0. The first kappa shape index (κ1) is 32.2. The number of Topliss-reactive ketones (excluding diaryl/α,β-unsaturated/α-hetero) is 1. The Morgan fingerprint density at radius 3 is 2.71 bits per heavy atom. The summed E-state index contributed by atoms with van der Waals surface area (Å²) in [4.78, 5) is 30.7. The molecule has 5 atom stereocenters. The number of nitrogens with one attached hydrogen (secondary N) is 1. The number of cyclic esters (lactones) is 1. The van der Waals surface area contributed by atoms with Crippen LogP contribution in [0.5, 0.6) is 0 Å². The molecule has 0 spiro atoms. The van der Waals surface area contributed by atoms with Crippen molar-refractivity contribution in [2.75, 3.05) is 6.44 Å². The zero-order valence-electron chi connectivity index (χ0n) is 23.5. The number of aromatic nitrogens is 1. The van der Waals surface area contributed by atoms with Gasteiger partial charge in [0.15, 0.2) is 0 Å². The maximum absolute atomic E-state index is 13.2. The second kappa shape index (κ2) is 15.0. The molecule has 0 bridgehead atoms. The van der Waals surface area contributed by atoms with Crippen LogP contribution in [0.2, 0.25) is 0 Å². The minimum Gasteiger partial charge on any atom is -0.392 e. The molecule has 2 heterocycles. The number of aliphatic hydroxyl groups is 2. The predicted octanol–water partition coefficient (Wildman–Crippen LogP) is 4.05. The van der Waals surface area contributed by atoms with Crippen LogP contribution < -0.4 is 5.32 Å². The number of hydrogen-bond donors (Lipinski definition) is 3. The number of aliphatic hydroxyl groups excluding tert-OH is 2. The summed E-state index contributed by atoms with van der Waals surface area (Å²) >= 11 is 1.48. The van der Waals surface area contributed by atoms with Crippen LogP contribution in [0, 0.1) is 17.3 Å². The van der Waals surface area contributed by atoms with Gasteiger partial charge in [-0.3, -0.25) is 4.79 Å². The SMILES string of the molecule is CC1=CCC(C(C)=Cc2csc(CNCB=O)n2)OC(=O)CC(O)C(C)(C)C(=O)[C@H](C)C(O)[C@@H](C)CCC1. The molecule has 0 aliphatic carbocycles. The summed E-state index contributed by atoms with van der Waals surface area (Å²) in [5, 5.41) is 27.4. The van der Waals surface area contributed by atoms with E-state index >= 15 is 0 Å². The molecule has 0 fully saturated rings. The third-order valence-electron chi connectivity index (χ3n) is 7.48. The van der Waals surface area contributed by atoms with Crippen molar-refractivity contribution in [2.24, 2.45) is 17.3 Å². The van der Waals surface area contributed by atoms with Crippen molar-refractivity contribution in [3.05, 3.63) is 33.3 Å². The van der Waals surface area contributed by atoms with Crippen molar-refractivity contribution in [1.29, 1.82) is 0 Å². The van der Waals surface area contributed by atoms with Crippen LogP contribution in [0.4, 0.5) is 0 Å². The summed E-state index contributed by atoms with van der Waals surface area (Å²) in [6.07, 6.45) is 4.25. The molecule has 10 heteroatoms. The first-order valence-electron chi connectivity index (χ1n) is 13.4. The van der Waals surface area contributed by atoms with E-state index in [0.717, 1.165) is 48.3 Å². The van der Waals surface area contributed by atoms with Crippen LogP contribution in [0.25, 0.3) is 6.08 Å². The number of hydrogen-bond acceptors (Lipinski definition) is 9. The second-order valence-electron chi connectivity index (χ2n) is 11.1. The fourth-order valence-corrected chi connectivity index (χ4v) is 5.39. The van der Waals surface area contributed by atoms with Gasteiger partial charge in [0, 0.05) is 5.92 Å². The molecule has 2 rings (SSSR count). The third kappa shape index (κ3) is 9.33. The molecule has 3 unspecified atom stereocenters. The fourth-order valence-electron chi connectivity index (χ4n) is 4.67. The van der Waals surface area contributed by atoms with Gasteiger partial charge in [-0.1, -0.05) is 27.7 Å². The zero-order chi connectivity index (χ0) is 28.5. The van der Waals surface area contributed by atoms with E-state index in [2.05, 4.69) is 16.4 Å². The van der Waals surface area contributed by atoms with E-state index < -0.39 is 35.6 Å². The van der Waals surface area contributed by atoms with Gasteiger partial charge < -0.3 is 10.2 Å². The number of ketones is 1. The van der Waals surface area contributed by atoms with Crippen molar-refractivity contribution in [1.82, 2.24) is 10.3 Å². The molecule has 8 nitrogen and oxygen atoms in total. The molecule has 1 aromatic rings. The van der Waals surface area contributed by atoms with Gasteiger partial charge in [0.1, 0.15) is 5.78 Å². The molecule has 1 aliphatic rings. The molecule has 38 heavy (non-hydrogen) atoms. The van der Waals surface area contributed by atoms with Gasteiger partial charge in [-0.2, -0.15) is 0 Å². The number of nitrogens with zero attached hydrogens (tertiary/aromatic N) is 1. The first-order chi connectivity index (χ1) is 17.9. The summed E-state index contributed by atoms with van der Waals surface area (Å²) in [7, 11) is 0.803. The van der Waals surface area contributed by atoms with Gasteiger partial charge >= 0.3 is 127 Å². The van der Waals surface area contributed by atoms with Crippen LogP contribution in [0.1, 0.15) is 84.3 Å². The van der Waals surface area contributed by atoms with Crippen molar-refractivity contribution in [3.63, 3.8) is 0 Å². The van der Waals surface area contributed by atoms with E-state index in [4.69, 9.17) is 4.74 Å². The molecule has 0 saturated carbocycles. The van der Waals surface area contributed by atoms with Crippen LogP contribution in [-0.2, 0) is 25.6 Å². The van der Waals surface area contributed by atoms with Crippen LogP contribution >= 0.6 is 11.3 Å². The molecule has 0 saturated heterocycles. The molecular weight excluding hydrogens is 503 g/mol. The van der Waals surface area contributed by atoms with Gasteiger partial charge in [0.25, 0.3) is 0 Å². The van der Waals surface area contributed by atoms with Gasteiger partial charge in [0.05, 0.1) is 17.6 Å². The monoisotopic (exact) mass is 546 g/mol. The molecule has 1 aliphatic heterocycles. The van der Waals surface area contributed by atoms with Crippen molar-refractivity contribution < 1.29 is 29.2 Å². The summed E-state index contributed by atoms with van der Waals surface area (Å²) < 4.78 is 16.3. The number of allylic oxidation sites excluding steroid dienone is 1. The Morgan fingerprint density at radius 1 is 1.32 bits per heavy atom. The molecule has 0 radical (unpaired) electrons. The van der Waals surface area contributed by atoms with E-state index in [1.165, 1.54) is 11.3 Å². The van der Waals surface area contributed by atoms with Crippen molar-refractivity contribution in [2.45, 2.75) is 98.5 Å². The Balaban J connectivity index is 2.29. The molecule has 1 aromatic heterocycles. The van der Waals surface area contributed by atoms with E-state index in [9.17, 15) is 24.5 Å². The Hall–Kier alpha value is -2.01. The number of esters is 1. The van der Waals surface area contributed by atoms with E-state index in [0.29, 0.717) is 13.0 Å². The predicted molar refractivity (Wildman–Crippen MR) is 150 cm³/mol. The molecular formula is C28H43BN2O6S. The fraction of sp³-hybridized carbons (Fsp3) is 0.679. The van der Waals surface area contributed by atoms with Crippen molar-refractivity contribution in [3.8, 4) is 0 Å². The molecule has 3 N–H and O–H groups in total. The Bertz CT molecular complexity index is 1020. The smallest absolute Gasteiger partial charge is 0.392 e. The normalized spacial score (nSPS) is 28.4. The van der Waals surface area contributed by atoms with Gasteiger partial charge in [0.2, 0.25) is 0 Å². The first-order valence-corrected chi connectivity index (χ1v) is 14.3. The standard InChI is InChI=1S/C28H43BN2O6S/c1-17-8-7-9-18(2)26(34)20(4)27(35)28(5,6)23(32)13-25(33)37-22(11-10-17)19(3)12-21-15-38-24(31-21)14-30-16-29-36/h10,12,15,18,20,22-23,26,30,32,34H,7-9,11,13-14,16H2,1-6H3/t18-,20+,22?,23?,26?/m0/s1. The average Bonchev–Trinajstić information content (AvgIpc) is 3.31. The molecule has 210 valence electrons. The summed E-state index contributed by atoms with van der Waals surface area (Å²) in [5.41, 5.74) is 1.50. The molecule has 0 aromatic carbocycles. The quantitative estimate of drug-likeness (QED) is 0.211. The maximum atomic E-state index is 13.2. The van der Waals surface area contributed by atoms with Crippen LogP contribution in [0.3, 0.4) is 0 Å². The Kier molecular flexibility index (Phi) is 12.7. The van der Waals surface area contributed by atoms with Crippen LogP contribution in [-0.4, -0.2) is 58.9 Å². The van der Waals surface area contributed by atoms with Crippen molar-refractivity contribution >= 4 is 36.3 Å². The molecule has 0 amide bonds. The Morgan fingerprint density at radius 2 is 2.03 bits per heavy atom.